The van der Waals surface area contributed by atoms with E-state index in [0.29, 0.717) is 25.2 Å². The van der Waals surface area contributed by atoms with Crippen LogP contribution in [0.4, 0.5) is 0 Å². The molecule has 110 valence electrons. The third-order valence-electron chi connectivity index (χ3n) is 3.38. The molecule has 2 N–H and O–H groups in total. The second-order valence-electron chi connectivity index (χ2n) is 5.59. The Morgan fingerprint density at radius 3 is 2.80 bits per heavy atom. The van der Waals surface area contributed by atoms with Gasteiger partial charge in [0.15, 0.2) is 0 Å². The molecule has 0 unspecified atom stereocenters. The number of rotatable bonds is 4. The minimum Gasteiger partial charge on any atom is -0.475 e. The van der Waals surface area contributed by atoms with Gasteiger partial charge in [0.25, 0.3) is 0 Å². The van der Waals surface area contributed by atoms with Crippen molar-refractivity contribution in [3.05, 3.63) is 23.7 Å². The minimum atomic E-state index is -1.12. The van der Waals surface area contributed by atoms with Crippen molar-refractivity contribution in [2.75, 3.05) is 6.61 Å². The predicted molar refractivity (Wildman–Crippen MR) is 70.3 cm³/mol. The molecule has 1 aliphatic heterocycles. The van der Waals surface area contributed by atoms with Crippen molar-refractivity contribution in [3.8, 4) is 0 Å². The smallest absolute Gasteiger partial charge is 0.371 e. The molecule has 0 spiro atoms. The maximum atomic E-state index is 12.1. The highest BCUT2D eigenvalue weighted by Crippen LogP contribution is 2.28. The van der Waals surface area contributed by atoms with Crippen LogP contribution >= 0.6 is 0 Å². The molecule has 1 aliphatic rings. The molecule has 0 aliphatic carbocycles. The highest BCUT2D eigenvalue weighted by Gasteiger charge is 2.32. The van der Waals surface area contributed by atoms with E-state index in [1.807, 2.05) is 13.8 Å². The van der Waals surface area contributed by atoms with Gasteiger partial charge in [0.05, 0.1) is 12.1 Å². The van der Waals surface area contributed by atoms with Crippen LogP contribution in [0.1, 0.15) is 43.0 Å². The van der Waals surface area contributed by atoms with E-state index in [2.05, 4.69) is 5.32 Å². The Morgan fingerprint density at radius 1 is 1.45 bits per heavy atom. The number of ether oxygens (including phenoxy) is 1. The summed E-state index contributed by atoms with van der Waals surface area (Å²) in [5.41, 5.74) is -0.276. The highest BCUT2D eigenvalue weighted by atomic mass is 16.5. The molecule has 0 aromatic carbocycles. The molecule has 6 heteroatoms. The first-order valence-corrected chi connectivity index (χ1v) is 6.61. The Balaban J connectivity index is 1.86. The largest absolute Gasteiger partial charge is 0.475 e. The molecule has 1 atom stereocenters. The molecule has 2 rings (SSSR count). The number of aromatic carboxylic acids is 1. The first-order valence-electron chi connectivity index (χ1n) is 6.61. The molecule has 0 bridgehead atoms. The van der Waals surface area contributed by atoms with Crippen molar-refractivity contribution < 1.29 is 23.8 Å². The number of carbonyl (C=O) groups is 2. The summed E-state index contributed by atoms with van der Waals surface area (Å²) in [5.74, 6) is -0.931. The summed E-state index contributed by atoms with van der Waals surface area (Å²) in [5, 5.41) is 11.5. The Bertz CT molecular complexity index is 505. The van der Waals surface area contributed by atoms with Gasteiger partial charge in [0, 0.05) is 12.5 Å². The topological polar surface area (TPSA) is 88.8 Å². The van der Waals surface area contributed by atoms with Gasteiger partial charge in [-0.3, -0.25) is 4.79 Å². The number of hydrogen-bond acceptors (Lipinski definition) is 4. The van der Waals surface area contributed by atoms with Crippen LogP contribution in [0, 0.1) is 5.92 Å². The van der Waals surface area contributed by atoms with E-state index in [4.69, 9.17) is 14.3 Å². The van der Waals surface area contributed by atoms with Crippen LogP contribution in [-0.2, 0) is 16.1 Å². The van der Waals surface area contributed by atoms with Gasteiger partial charge in [-0.1, -0.05) is 0 Å². The van der Waals surface area contributed by atoms with Crippen LogP contribution in [0.2, 0.25) is 0 Å². The molecule has 2 heterocycles. The SMILES string of the molecule is CC1(C)C[C@H](C(=O)NCc2ccc(C(=O)O)o2)CCO1. The second kappa shape index (κ2) is 5.66. The van der Waals surface area contributed by atoms with E-state index in [-0.39, 0.29) is 29.7 Å². The maximum Gasteiger partial charge on any atom is 0.371 e. The molecule has 1 aromatic heterocycles. The van der Waals surface area contributed by atoms with Gasteiger partial charge in [-0.15, -0.1) is 0 Å². The minimum absolute atomic E-state index is 0.0466. The zero-order chi connectivity index (χ0) is 14.8. The molecule has 1 aromatic rings. The van der Waals surface area contributed by atoms with E-state index >= 15 is 0 Å². The number of carbonyl (C=O) groups excluding carboxylic acids is 1. The Morgan fingerprint density at radius 2 is 2.20 bits per heavy atom. The first-order chi connectivity index (χ1) is 9.37. The first kappa shape index (κ1) is 14.6. The van der Waals surface area contributed by atoms with E-state index < -0.39 is 5.97 Å². The fraction of sp³-hybridized carbons (Fsp3) is 0.571. The second-order valence-corrected chi connectivity index (χ2v) is 5.59. The van der Waals surface area contributed by atoms with Gasteiger partial charge in [-0.05, 0) is 38.8 Å². The summed E-state index contributed by atoms with van der Waals surface area (Å²) in [6.45, 7) is 4.72. The predicted octanol–water partition coefficient (Wildman–Crippen LogP) is 1.80. The molecular formula is C14H19NO5. The van der Waals surface area contributed by atoms with Crippen LogP contribution in [0.15, 0.2) is 16.5 Å². The van der Waals surface area contributed by atoms with E-state index in [9.17, 15) is 9.59 Å². The number of carboxylic acid groups (broad SMARTS) is 1. The van der Waals surface area contributed by atoms with Crippen LogP contribution in [-0.4, -0.2) is 29.2 Å². The molecule has 6 nitrogen and oxygen atoms in total. The van der Waals surface area contributed by atoms with Crippen LogP contribution in [0.25, 0.3) is 0 Å². The lowest BCUT2D eigenvalue weighted by atomic mass is 9.88. The zero-order valence-corrected chi connectivity index (χ0v) is 11.6. The van der Waals surface area contributed by atoms with Gasteiger partial charge in [0.1, 0.15) is 5.76 Å². The van der Waals surface area contributed by atoms with Crippen LogP contribution in [0.5, 0.6) is 0 Å². The highest BCUT2D eigenvalue weighted by molar-refractivity contribution is 5.84. The third-order valence-corrected chi connectivity index (χ3v) is 3.38. The number of nitrogens with one attached hydrogen (secondary N) is 1. The standard InChI is InChI=1S/C14H19NO5/c1-14(2)7-9(5-6-19-14)12(16)15-8-10-3-4-11(20-10)13(17)18/h3-4,9H,5-8H2,1-2H3,(H,15,16)(H,17,18)/t9-/m1/s1. The quantitative estimate of drug-likeness (QED) is 0.878. The van der Waals surface area contributed by atoms with Crippen LogP contribution in [0.3, 0.4) is 0 Å². The fourth-order valence-electron chi connectivity index (χ4n) is 2.36. The molecule has 1 saturated heterocycles. The van der Waals surface area contributed by atoms with Crippen molar-refractivity contribution in [2.45, 2.75) is 38.8 Å². The summed E-state index contributed by atoms with van der Waals surface area (Å²) >= 11 is 0. The zero-order valence-electron chi connectivity index (χ0n) is 11.6. The van der Waals surface area contributed by atoms with Crippen molar-refractivity contribution in [2.24, 2.45) is 5.92 Å². The molecule has 0 saturated carbocycles. The Labute approximate surface area is 117 Å². The molecule has 1 amide bonds. The van der Waals surface area contributed by atoms with Crippen molar-refractivity contribution in [1.29, 1.82) is 0 Å². The lowest BCUT2D eigenvalue weighted by Crippen LogP contribution is -2.41. The van der Waals surface area contributed by atoms with Gasteiger partial charge < -0.3 is 19.6 Å². The number of furan rings is 1. The third kappa shape index (κ3) is 3.60. The van der Waals surface area contributed by atoms with Crippen molar-refractivity contribution in [1.82, 2.24) is 5.32 Å². The maximum absolute atomic E-state index is 12.1. The summed E-state index contributed by atoms with van der Waals surface area (Å²) in [6.07, 6.45) is 1.38. The molecular weight excluding hydrogens is 262 g/mol. The van der Waals surface area contributed by atoms with Crippen molar-refractivity contribution in [3.63, 3.8) is 0 Å². The number of amides is 1. The van der Waals surface area contributed by atoms with Gasteiger partial charge in [-0.2, -0.15) is 0 Å². The summed E-state index contributed by atoms with van der Waals surface area (Å²) < 4.78 is 10.7. The van der Waals surface area contributed by atoms with E-state index in [1.165, 1.54) is 6.07 Å². The number of hydrogen-bond donors (Lipinski definition) is 2. The average molecular weight is 281 g/mol. The fourth-order valence-corrected chi connectivity index (χ4v) is 2.36. The van der Waals surface area contributed by atoms with Crippen LogP contribution < -0.4 is 5.32 Å². The van der Waals surface area contributed by atoms with Gasteiger partial charge in [-0.25, -0.2) is 4.79 Å². The normalized spacial score (nSPS) is 21.4. The Hall–Kier alpha value is -1.82. The number of carboxylic acids is 1. The summed E-state index contributed by atoms with van der Waals surface area (Å²) in [6, 6.07) is 2.93. The summed E-state index contributed by atoms with van der Waals surface area (Å²) in [4.78, 5) is 22.8. The van der Waals surface area contributed by atoms with Gasteiger partial charge in [0.2, 0.25) is 11.7 Å². The lowest BCUT2D eigenvalue weighted by molar-refractivity contribution is -0.135. The Kier molecular flexibility index (Phi) is 4.13. The molecule has 0 radical (unpaired) electrons. The monoisotopic (exact) mass is 281 g/mol. The lowest BCUT2D eigenvalue weighted by Gasteiger charge is -2.34. The van der Waals surface area contributed by atoms with E-state index in [1.54, 1.807) is 6.07 Å². The molecule has 1 fully saturated rings. The summed E-state index contributed by atoms with van der Waals surface area (Å²) in [7, 11) is 0. The van der Waals surface area contributed by atoms with E-state index in [0.717, 1.165) is 0 Å². The average Bonchev–Trinajstić information content (AvgIpc) is 2.83. The molecule has 20 heavy (non-hydrogen) atoms. The van der Waals surface area contributed by atoms with Gasteiger partial charge >= 0.3 is 5.97 Å². The van der Waals surface area contributed by atoms with Crippen molar-refractivity contribution >= 4 is 11.9 Å².